The van der Waals surface area contributed by atoms with Gasteiger partial charge in [0.25, 0.3) is 0 Å². The zero-order valence-corrected chi connectivity index (χ0v) is 14.1. The topological polar surface area (TPSA) is 141 Å². The van der Waals surface area contributed by atoms with Crippen molar-refractivity contribution in [2.75, 3.05) is 31.3 Å². The summed E-state index contributed by atoms with van der Waals surface area (Å²) in [5.41, 5.74) is 5.08. The van der Waals surface area contributed by atoms with E-state index in [1.165, 1.54) is 24.9 Å². The SMILES string of the molecule is C=CCNc1nc(N)nc2c1ncn2C1OC(COC)C(O)C1(C)O. The van der Waals surface area contributed by atoms with Crippen LogP contribution < -0.4 is 11.1 Å². The summed E-state index contributed by atoms with van der Waals surface area (Å²) in [5, 5.41) is 24.1. The molecule has 0 aromatic carbocycles. The summed E-state index contributed by atoms with van der Waals surface area (Å²) in [4.78, 5) is 12.6. The third kappa shape index (κ3) is 2.93. The fraction of sp³-hybridized carbons (Fsp3) is 0.533. The highest BCUT2D eigenvalue weighted by molar-refractivity contribution is 5.84. The number of rotatable bonds is 6. The van der Waals surface area contributed by atoms with Gasteiger partial charge in [-0.1, -0.05) is 6.08 Å². The van der Waals surface area contributed by atoms with Crippen LogP contribution in [0.5, 0.6) is 0 Å². The number of hydrogen-bond acceptors (Lipinski definition) is 9. The van der Waals surface area contributed by atoms with Gasteiger partial charge >= 0.3 is 0 Å². The lowest BCUT2D eigenvalue weighted by atomic mass is 9.96. The largest absolute Gasteiger partial charge is 0.387 e. The number of nitrogens with one attached hydrogen (secondary N) is 1. The third-order valence-electron chi connectivity index (χ3n) is 4.19. The van der Waals surface area contributed by atoms with Gasteiger partial charge in [0, 0.05) is 13.7 Å². The van der Waals surface area contributed by atoms with E-state index in [2.05, 4.69) is 26.8 Å². The zero-order valence-electron chi connectivity index (χ0n) is 14.1. The van der Waals surface area contributed by atoms with Crippen LogP contribution in [0.1, 0.15) is 13.2 Å². The quantitative estimate of drug-likeness (QED) is 0.515. The first kappa shape index (κ1) is 17.5. The first-order valence-electron chi connectivity index (χ1n) is 7.79. The van der Waals surface area contributed by atoms with Crippen molar-refractivity contribution < 1.29 is 19.7 Å². The zero-order chi connectivity index (χ0) is 18.2. The molecular formula is C15H22N6O4. The van der Waals surface area contributed by atoms with Gasteiger partial charge in [0.2, 0.25) is 5.95 Å². The summed E-state index contributed by atoms with van der Waals surface area (Å²) in [5.74, 6) is 0.500. The molecule has 0 radical (unpaired) electrons. The van der Waals surface area contributed by atoms with Crippen LogP contribution in [-0.4, -0.2) is 67.8 Å². The molecule has 10 heteroatoms. The van der Waals surface area contributed by atoms with Crippen molar-refractivity contribution >= 4 is 22.9 Å². The van der Waals surface area contributed by atoms with Crippen LogP contribution in [0.25, 0.3) is 11.2 Å². The van der Waals surface area contributed by atoms with Crippen molar-refractivity contribution in [1.82, 2.24) is 19.5 Å². The first-order chi connectivity index (χ1) is 11.9. The normalized spacial score (nSPS) is 29.2. The standard InChI is InChI=1S/C15H22N6O4/c1-4-5-17-11-9-12(20-14(16)19-11)21(7-18-9)13-15(2,23)10(22)8(25-13)6-24-3/h4,7-8,10,13,22-23H,1,5-6H2,2-3H3,(H3,16,17,19,20). The number of anilines is 2. The second-order valence-corrected chi connectivity index (χ2v) is 6.08. The van der Waals surface area contributed by atoms with Gasteiger partial charge in [-0.25, -0.2) is 4.98 Å². The van der Waals surface area contributed by atoms with E-state index in [-0.39, 0.29) is 12.6 Å². The van der Waals surface area contributed by atoms with E-state index < -0.39 is 24.0 Å². The molecule has 1 aliphatic rings. The van der Waals surface area contributed by atoms with Gasteiger partial charge in [-0.2, -0.15) is 9.97 Å². The highest BCUT2D eigenvalue weighted by Crippen LogP contribution is 2.39. The second-order valence-electron chi connectivity index (χ2n) is 6.08. The van der Waals surface area contributed by atoms with Crippen molar-refractivity contribution in [3.63, 3.8) is 0 Å². The summed E-state index contributed by atoms with van der Waals surface area (Å²) < 4.78 is 12.4. The second kappa shape index (κ2) is 6.56. The van der Waals surface area contributed by atoms with E-state index >= 15 is 0 Å². The fourth-order valence-electron chi connectivity index (χ4n) is 2.94. The van der Waals surface area contributed by atoms with E-state index in [1.807, 2.05) is 0 Å². The number of ether oxygens (including phenoxy) is 2. The Labute approximate surface area is 144 Å². The van der Waals surface area contributed by atoms with Gasteiger partial charge in [-0.05, 0) is 6.92 Å². The number of nitrogens with zero attached hydrogens (tertiary/aromatic N) is 4. The van der Waals surface area contributed by atoms with Crippen LogP contribution in [-0.2, 0) is 9.47 Å². The Morgan fingerprint density at radius 3 is 3.00 bits per heavy atom. The number of methoxy groups -OCH3 is 1. The molecule has 0 amide bonds. The van der Waals surface area contributed by atoms with Crippen LogP contribution in [0.4, 0.5) is 11.8 Å². The molecule has 136 valence electrons. The fourth-order valence-corrected chi connectivity index (χ4v) is 2.94. The Morgan fingerprint density at radius 1 is 1.56 bits per heavy atom. The molecule has 2 aromatic heterocycles. The number of imidazole rings is 1. The van der Waals surface area contributed by atoms with Crippen LogP contribution in [0.15, 0.2) is 19.0 Å². The molecule has 25 heavy (non-hydrogen) atoms. The lowest BCUT2D eigenvalue weighted by Crippen LogP contribution is -2.44. The third-order valence-corrected chi connectivity index (χ3v) is 4.19. The average molecular weight is 350 g/mol. The van der Waals surface area contributed by atoms with Crippen molar-refractivity contribution in [2.24, 2.45) is 0 Å². The predicted molar refractivity (Wildman–Crippen MR) is 90.8 cm³/mol. The summed E-state index contributed by atoms with van der Waals surface area (Å²) >= 11 is 0. The minimum atomic E-state index is -1.56. The summed E-state index contributed by atoms with van der Waals surface area (Å²) in [6.07, 6.45) is 0.429. The monoisotopic (exact) mass is 350 g/mol. The molecule has 0 aliphatic carbocycles. The lowest BCUT2D eigenvalue weighted by molar-refractivity contribution is -0.0956. The predicted octanol–water partition coefficient (Wildman–Crippen LogP) is -0.338. The molecule has 4 unspecified atom stereocenters. The highest BCUT2D eigenvalue weighted by Gasteiger charge is 2.53. The van der Waals surface area contributed by atoms with Gasteiger partial charge in [0.05, 0.1) is 12.9 Å². The minimum absolute atomic E-state index is 0.0486. The average Bonchev–Trinajstić information content (AvgIpc) is 3.07. The van der Waals surface area contributed by atoms with E-state index in [0.29, 0.717) is 23.5 Å². The maximum absolute atomic E-state index is 10.7. The highest BCUT2D eigenvalue weighted by atomic mass is 16.6. The van der Waals surface area contributed by atoms with Gasteiger partial charge in [0.15, 0.2) is 23.2 Å². The molecule has 5 N–H and O–H groups in total. The Morgan fingerprint density at radius 2 is 2.32 bits per heavy atom. The Bertz CT molecular complexity index is 777. The molecular weight excluding hydrogens is 328 g/mol. The molecule has 0 spiro atoms. The molecule has 0 saturated carbocycles. The number of nitrogen functional groups attached to an aromatic ring is 1. The van der Waals surface area contributed by atoms with Gasteiger partial charge in [-0.3, -0.25) is 4.57 Å². The number of aliphatic hydroxyl groups is 2. The van der Waals surface area contributed by atoms with Crippen molar-refractivity contribution in [3.05, 3.63) is 19.0 Å². The molecule has 1 saturated heterocycles. The minimum Gasteiger partial charge on any atom is -0.387 e. The Balaban J connectivity index is 2.04. The Kier molecular flexibility index (Phi) is 4.60. The first-order valence-corrected chi connectivity index (χ1v) is 7.79. The van der Waals surface area contributed by atoms with Crippen LogP contribution in [0.3, 0.4) is 0 Å². The molecule has 1 fully saturated rings. The summed E-state index contributed by atoms with van der Waals surface area (Å²) in [6, 6.07) is 0. The number of nitrogens with two attached hydrogens (primary N) is 1. The molecule has 10 nitrogen and oxygen atoms in total. The van der Waals surface area contributed by atoms with Crippen LogP contribution >= 0.6 is 0 Å². The van der Waals surface area contributed by atoms with Crippen LogP contribution in [0.2, 0.25) is 0 Å². The summed E-state index contributed by atoms with van der Waals surface area (Å²) in [7, 11) is 1.50. The maximum atomic E-state index is 10.7. The van der Waals surface area contributed by atoms with E-state index in [4.69, 9.17) is 15.2 Å². The molecule has 1 aliphatic heterocycles. The molecule has 3 heterocycles. The number of hydrogen-bond donors (Lipinski definition) is 4. The van der Waals surface area contributed by atoms with Gasteiger partial charge < -0.3 is 30.7 Å². The molecule has 2 aromatic rings. The maximum Gasteiger partial charge on any atom is 0.224 e. The van der Waals surface area contributed by atoms with Crippen molar-refractivity contribution in [1.29, 1.82) is 0 Å². The molecule has 3 rings (SSSR count). The van der Waals surface area contributed by atoms with Crippen molar-refractivity contribution in [3.8, 4) is 0 Å². The number of aliphatic hydroxyl groups excluding tert-OH is 1. The van der Waals surface area contributed by atoms with Crippen molar-refractivity contribution in [2.45, 2.75) is 31.0 Å². The molecule has 4 atom stereocenters. The smallest absolute Gasteiger partial charge is 0.224 e. The van der Waals surface area contributed by atoms with Gasteiger partial charge in [0.1, 0.15) is 17.8 Å². The lowest BCUT2D eigenvalue weighted by Gasteiger charge is -2.27. The summed E-state index contributed by atoms with van der Waals surface area (Å²) in [6.45, 7) is 5.75. The number of aromatic nitrogens is 4. The van der Waals surface area contributed by atoms with E-state index in [0.717, 1.165) is 0 Å². The number of fused-ring (bicyclic) bond motifs is 1. The Hall–Kier alpha value is -2.27. The van der Waals surface area contributed by atoms with E-state index in [9.17, 15) is 10.2 Å². The van der Waals surface area contributed by atoms with E-state index in [1.54, 1.807) is 6.08 Å². The van der Waals surface area contributed by atoms with Crippen LogP contribution in [0, 0.1) is 0 Å². The van der Waals surface area contributed by atoms with Gasteiger partial charge in [-0.15, -0.1) is 6.58 Å². The molecule has 0 bridgehead atoms.